The van der Waals surface area contributed by atoms with Crippen LogP contribution in [0.1, 0.15) is 5.56 Å². The van der Waals surface area contributed by atoms with Crippen molar-refractivity contribution in [3.63, 3.8) is 0 Å². The van der Waals surface area contributed by atoms with Crippen molar-refractivity contribution in [2.45, 2.75) is 11.8 Å². The molecular formula is C17H9F7N2. The highest BCUT2D eigenvalue weighted by Gasteiger charge is 2.62. The Hall–Kier alpha value is -2.84. The average Bonchev–Trinajstić information content (AvgIpc) is 3.05. The van der Waals surface area contributed by atoms with E-state index >= 15 is 0 Å². The zero-order valence-corrected chi connectivity index (χ0v) is 12.7. The van der Waals surface area contributed by atoms with Gasteiger partial charge in [0, 0.05) is 11.1 Å². The van der Waals surface area contributed by atoms with Gasteiger partial charge in [0.25, 0.3) is 0 Å². The lowest BCUT2D eigenvalue weighted by Gasteiger charge is -2.25. The Bertz CT molecular complexity index is 937. The predicted octanol–water partition coefficient (Wildman–Crippen LogP) is 6.03. The van der Waals surface area contributed by atoms with Gasteiger partial charge in [0.05, 0.1) is 11.0 Å². The Morgan fingerprint density at radius 3 is 2.04 bits per heavy atom. The number of allylic oxidation sites excluding steroid dienone is 1. The molecule has 26 heavy (non-hydrogen) atoms. The quantitative estimate of drug-likeness (QED) is 0.555. The van der Waals surface area contributed by atoms with Crippen LogP contribution in [0.3, 0.4) is 0 Å². The van der Waals surface area contributed by atoms with E-state index in [2.05, 4.69) is 9.97 Å². The minimum Gasteiger partial charge on any atom is -0.338 e. The van der Waals surface area contributed by atoms with Gasteiger partial charge in [0.15, 0.2) is 0 Å². The number of benzene rings is 2. The van der Waals surface area contributed by atoms with Gasteiger partial charge in [-0.25, -0.2) is 4.98 Å². The lowest BCUT2D eigenvalue weighted by Crippen LogP contribution is -2.39. The van der Waals surface area contributed by atoms with Crippen LogP contribution in [0.5, 0.6) is 0 Å². The topological polar surface area (TPSA) is 28.7 Å². The number of fused-ring (bicyclic) bond motifs is 1. The molecule has 1 aromatic heterocycles. The number of para-hydroxylation sites is 2. The molecule has 0 aliphatic heterocycles. The summed E-state index contributed by atoms with van der Waals surface area (Å²) in [7, 11) is 0. The highest BCUT2D eigenvalue weighted by atomic mass is 19.3. The number of aromatic nitrogens is 2. The van der Waals surface area contributed by atoms with Gasteiger partial charge in [-0.3, -0.25) is 0 Å². The van der Waals surface area contributed by atoms with Crippen LogP contribution in [-0.4, -0.2) is 15.9 Å². The zero-order chi connectivity index (χ0) is 19.1. The number of nitrogens with one attached hydrogen (secondary N) is 1. The number of halogens is 7. The Morgan fingerprint density at radius 2 is 1.46 bits per heavy atom. The summed E-state index contributed by atoms with van der Waals surface area (Å²) in [4.78, 5) is 7.14. The van der Waals surface area contributed by atoms with Crippen molar-refractivity contribution in [2.24, 2.45) is 0 Å². The van der Waals surface area contributed by atoms with E-state index in [0.717, 1.165) is 12.1 Å². The number of aromatic amines is 1. The fourth-order valence-electron chi connectivity index (χ4n) is 2.36. The van der Waals surface area contributed by atoms with Gasteiger partial charge in [0.2, 0.25) is 5.83 Å². The second-order valence-corrected chi connectivity index (χ2v) is 5.40. The molecule has 2 aromatic carbocycles. The lowest BCUT2D eigenvalue weighted by atomic mass is 10.00. The van der Waals surface area contributed by atoms with E-state index in [1.54, 1.807) is 24.3 Å². The van der Waals surface area contributed by atoms with E-state index < -0.39 is 29.3 Å². The van der Waals surface area contributed by atoms with Gasteiger partial charge in [-0.2, -0.15) is 30.7 Å². The van der Waals surface area contributed by atoms with Crippen molar-refractivity contribution in [3.05, 3.63) is 66.0 Å². The molecule has 0 radical (unpaired) electrons. The SMILES string of the molecule is FC(F)=C(F)C(F)(F)C(F)(F)c1ccc(-c2nc3ccccc3[nH]2)cc1. The molecule has 0 bridgehead atoms. The Balaban J connectivity index is 1.97. The van der Waals surface area contributed by atoms with E-state index in [4.69, 9.17) is 0 Å². The summed E-state index contributed by atoms with van der Waals surface area (Å²) in [5.41, 5.74) is 0.277. The van der Waals surface area contributed by atoms with Gasteiger partial charge in [0.1, 0.15) is 5.82 Å². The number of alkyl halides is 4. The van der Waals surface area contributed by atoms with E-state index in [-0.39, 0.29) is 0 Å². The summed E-state index contributed by atoms with van der Waals surface area (Å²) in [6, 6.07) is 10.3. The minimum absolute atomic E-state index is 0.300. The Kier molecular flexibility index (Phi) is 4.25. The zero-order valence-electron chi connectivity index (χ0n) is 12.7. The summed E-state index contributed by atoms with van der Waals surface area (Å²) >= 11 is 0. The molecule has 0 spiro atoms. The number of hydrogen-bond acceptors (Lipinski definition) is 1. The Labute approximate surface area is 142 Å². The molecule has 0 aliphatic rings. The molecule has 3 aromatic rings. The number of imidazole rings is 1. The van der Waals surface area contributed by atoms with Crippen molar-refractivity contribution >= 4 is 11.0 Å². The standard InChI is InChI=1S/C17H9F7N2/c18-13(14(19)20)17(23,24)16(21,22)10-7-5-9(6-8-10)15-25-11-3-1-2-4-12(11)26-15/h1-8H,(H,25,26). The van der Waals surface area contributed by atoms with Crippen molar-refractivity contribution in [1.82, 2.24) is 9.97 Å². The van der Waals surface area contributed by atoms with Crippen LogP contribution < -0.4 is 0 Å². The van der Waals surface area contributed by atoms with Gasteiger partial charge in [-0.1, -0.05) is 36.4 Å². The third kappa shape index (κ3) is 2.83. The number of nitrogens with zero attached hydrogens (tertiary/aromatic N) is 1. The lowest BCUT2D eigenvalue weighted by molar-refractivity contribution is -0.204. The van der Waals surface area contributed by atoms with Gasteiger partial charge < -0.3 is 4.98 Å². The third-order valence-corrected chi connectivity index (χ3v) is 3.75. The molecule has 1 heterocycles. The average molecular weight is 374 g/mol. The van der Waals surface area contributed by atoms with Crippen LogP contribution >= 0.6 is 0 Å². The van der Waals surface area contributed by atoms with Crippen molar-refractivity contribution in [3.8, 4) is 11.4 Å². The molecule has 1 N–H and O–H groups in total. The fourth-order valence-corrected chi connectivity index (χ4v) is 2.36. The maximum absolute atomic E-state index is 13.9. The number of hydrogen-bond donors (Lipinski definition) is 1. The molecular weight excluding hydrogens is 365 g/mol. The van der Waals surface area contributed by atoms with Gasteiger partial charge in [-0.05, 0) is 12.1 Å². The largest absolute Gasteiger partial charge is 0.370 e. The molecule has 2 nitrogen and oxygen atoms in total. The van der Waals surface area contributed by atoms with Crippen LogP contribution in [0.15, 0.2) is 60.4 Å². The summed E-state index contributed by atoms with van der Waals surface area (Å²) in [5, 5.41) is 0. The maximum atomic E-state index is 13.9. The van der Waals surface area contributed by atoms with E-state index in [9.17, 15) is 30.7 Å². The third-order valence-electron chi connectivity index (χ3n) is 3.75. The van der Waals surface area contributed by atoms with Crippen LogP contribution in [0.25, 0.3) is 22.4 Å². The second kappa shape index (κ2) is 6.15. The summed E-state index contributed by atoms with van der Waals surface area (Å²) in [6.07, 6.45) is -3.49. The molecule has 0 amide bonds. The molecule has 3 rings (SSSR count). The number of H-pyrrole nitrogens is 1. The van der Waals surface area contributed by atoms with Gasteiger partial charge >= 0.3 is 17.9 Å². The molecule has 0 fully saturated rings. The highest BCUT2D eigenvalue weighted by molar-refractivity contribution is 5.79. The Morgan fingerprint density at radius 1 is 0.846 bits per heavy atom. The van der Waals surface area contributed by atoms with E-state index in [1.807, 2.05) is 0 Å². The van der Waals surface area contributed by atoms with Crippen molar-refractivity contribution < 1.29 is 30.7 Å². The maximum Gasteiger partial charge on any atom is 0.370 e. The summed E-state index contributed by atoms with van der Waals surface area (Å²) in [5.74, 6) is -14.0. The molecule has 0 aliphatic carbocycles. The first-order valence-electron chi connectivity index (χ1n) is 7.17. The molecule has 0 saturated carbocycles. The minimum atomic E-state index is -5.67. The normalized spacial score (nSPS) is 12.4. The van der Waals surface area contributed by atoms with E-state index in [0.29, 0.717) is 34.6 Å². The highest BCUT2D eigenvalue weighted by Crippen LogP contribution is 2.48. The molecule has 0 unspecified atom stereocenters. The fraction of sp³-hybridized carbons (Fsp3) is 0.118. The van der Waals surface area contributed by atoms with Crippen molar-refractivity contribution in [2.75, 3.05) is 0 Å². The first kappa shape index (κ1) is 18.0. The second-order valence-electron chi connectivity index (χ2n) is 5.40. The summed E-state index contributed by atoms with van der Waals surface area (Å²) < 4.78 is 91.5. The first-order chi connectivity index (χ1) is 12.1. The van der Waals surface area contributed by atoms with Crippen LogP contribution in [0, 0.1) is 0 Å². The molecule has 0 atom stereocenters. The van der Waals surface area contributed by atoms with Crippen LogP contribution in [0.2, 0.25) is 0 Å². The van der Waals surface area contributed by atoms with Crippen LogP contribution in [0.4, 0.5) is 30.7 Å². The molecule has 136 valence electrons. The molecule has 9 heteroatoms. The van der Waals surface area contributed by atoms with E-state index in [1.165, 1.54) is 0 Å². The summed E-state index contributed by atoms with van der Waals surface area (Å²) in [6.45, 7) is 0. The monoisotopic (exact) mass is 374 g/mol. The number of rotatable bonds is 4. The first-order valence-corrected chi connectivity index (χ1v) is 7.17. The van der Waals surface area contributed by atoms with Crippen LogP contribution in [-0.2, 0) is 5.92 Å². The van der Waals surface area contributed by atoms with Crippen molar-refractivity contribution in [1.29, 1.82) is 0 Å². The molecule has 0 saturated heterocycles. The predicted molar refractivity (Wildman–Crippen MR) is 80.7 cm³/mol. The van der Waals surface area contributed by atoms with Gasteiger partial charge in [-0.15, -0.1) is 0 Å². The smallest absolute Gasteiger partial charge is 0.338 e.